The van der Waals surface area contributed by atoms with E-state index < -0.39 is 0 Å². The fraction of sp³-hybridized carbons (Fsp3) is 0.105. The second-order valence-electron chi connectivity index (χ2n) is 10.5. The topological polar surface area (TPSA) is 0 Å². The zero-order chi connectivity index (χ0) is 26.9. The van der Waals surface area contributed by atoms with Crippen molar-refractivity contribution in [3.8, 4) is 0 Å². The van der Waals surface area contributed by atoms with Crippen molar-refractivity contribution in [2.24, 2.45) is 0 Å². The second kappa shape index (κ2) is 11.0. The first kappa shape index (κ1) is 25.3. The lowest BCUT2D eigenvalue weighted by Gasteiger charge is -2.20. The lowest BCUT2D eigenvalue weighted by molar-refractivity contribution is 1.32. The molecule has 194 valence electrons. The minimum Gasteiger partial charge on any atom is -0.138 e. The number of thioether (sulfide) groups is 2. The standard InChI is InChI=1S/C38H30S2/c1-26-18-20-27(21-19-26)38(39-24-36-32-14-6-2-10-28(32)22-29-11-3-7-15-33(29)36)40-25-37-34-16-8-4-12-30(34)23-31-13-5-9-17-35(31)37/h2-23,38H,24-25H2,1H3. The van der Waals surface area contributed by atoms with Crippen molar-refractivity contribution in [2.45, 2.75) is 23.0 Å². The fourth-order valence-electron chi connectivity index (χ4n) is 5.81. The maximum absolute atomic E-state index is 2.33. The van der Waals surface area contributed by atoms with Gasteiger partial charge in [0.25, 0.3) is 0 Å². The molecule has 2 heteroatoms. The van der Waals surface area contributed by atoms with Crippen LogP contribution >= 0.6 is 23.5 Å². The Morgan fingerprint density at radius 3 is 1.18 bits per heavy atom. The molecule has 7 aromatic rings. The third-order valence-electron chi connectivity index (χ3n) is 7.87. The highest BCUT2D eigenvalue weighted by Crippen LogP contribution is 2.46. The van der Waals surface area contributed by atoms with Crippen molar-refractivity contribution < 1.29 is 0 Å². The summed E-state index contributed by atoms with van der Waals surface area (Å²) < 4.78 is 0.316. The highest BCUT2D eigenvalue weighted by Gasteiger charge is 2.17. The molecule has 0 spiro atoms. The van der Waals surface area contributed by atoms with Gasteiger partial charge in [0, 0.05) is 11.5 Å². The van der Waals surface area contributed by atoms with Crippen LogP contribution in [0.15, 0.2) is 133 Å². The average Bonchev–Trinajstić information content (AvgIpc) is 3.00. The molecule has 0 heterocycles. The van der Waals surface area contributed by atoms with Crippen LogP contribution in [-0.2, 0) is 11.5 Å². The average molecular weight is 551 g/mol. The van der Waals surface area contributed by atoms with Crippen molar-refractivity contribution in [3.05, 3.63) is 156 Å². The largest absolute Gasteiger partial charge is 0.138 e. The first-order valence-corrected chi connectivity index (χ1v) is 15.9. The van der Waals surface area contributed by atoms with Gasteiger partial charge >= 0.3 is 0 Å². The van der Waals surface area contributed by atoms with E-state index in [1.165, 1.54) is 65.3 Å². The molecule has 0 fully saturated rings. The van der Waals surface area contributed by atoms with E-state index in [-0.39, 0.29) is 0 Å². The number of hydrogen-bond acceptors (Lipinski definition) is 2. The number of aryl methyl sites for hydroxylation is 1. The summed E-state index contributed by atoms with van der Waals surface area (Å²) >= 11 is 4.11. The van der Waals surface area contributed by atoms with Gasteiger partial charge in [-0.25, -0.2) is 0 Å². The van der Waals surface area contributed by atoms with Crippen LogP contribution in [0.4, 0.5) is 0 Å². The predicted molar refractivity (Wildman–Crippen MR) is 179 cm³/mol. The molecule has 7 aromatic carbocycles. The molecule has 0 saturated heterocycles. The highest BCUT2D eigenvalue weighted by molar-refractivity contribution is 8.15. The highest BCUT2D eigenvalue weighted by atomic mass is 32.2. The Bertz CT molecular complexity index is 1740. The van der Waals surface area contributed by atoms with E-state index in [9.17, 15) is 0 Å². The van der Waals surface area contributed by atoms with Crippen LogP contribution in [-0.4, -0.2) is 0 Å². The van der Waals surface area contributed by atoms with Gasteiger partial charge < -0.3 is 0 Å². The minimum atomic E-state index is 0.316. The van der Waals surface area contributed by atoms with Gasteiger partial charge in [-0.1, -0.05) is 127 Å². The Labute approximate surface area is 244 Å². The molecule has 40 heavy (non-hydrogen) atoms. The van der Waals surface area contributed by atoms with Crippen LogP contribution in [0.2, 0.25) is 0 Å². The summed E-state index contributed by atoms with van der Waals surface area (Å²) in [5, 5.41) is 10.7. The third kappa shape index (κ3) is 4.87. The molecule has 0 aliphatic carbocycles. The third-order valence-corrected chi connectivity index (χ3v) is 10.8. The lowest BCUT2D eigenvalue weighted by Crippen LogP contribution is -1.96. The molecule has 0 N–H and O–H groups in total. The molecule has 0 atom stereocenters. The van der Waals surface area contributed by atoms with Crippen LogP contribution in [0.25, 0.3) is 43.1 Å². The molecule has 0 aromatic heterocycles. The first-order valence-electron chi connectivity index (χ1n) is 13.8. The Hall–Kier alpha value is -3.72. The van der Waals surface area contributed by atoms with Gasteiger partial charge in [-0.15, -0.1) is 23.5 Å². The van der Waals surface area contributed by atoms with E-state index in [2.05, 4.69) is 164 Å². The molecule has 7 rings (SSSR count). The molecule has 0 bridgehead atoms. The van der Waals surface area contributed by atoms with Crippen LogP contribution in [0.3, 0.4) is 0 Å². The maximum atomic E-state index is 2.33. The van der Waals surface area contributed by atoms with Crippen LogP contribution in [0.1, 0.15) is 26.8 Å². The molecule has 0 saturated carbocycles. The lowest BCUT2D eigenvalue weighted by atomic mass is 9.98. The van der Waals surface area contributed by atoms with Crippen LogP contribution in [0, 0.1) is 6.92 Å². The number of benzene rings is 7. The quantitative estimate of drug-likeness (QED) is 0.143. The summed E-state index contributed by atoms with van der Waals surface area (Å²) in [6.07, 6.45) is 0. The van der Waals surface area contributed by atoms with E-state index in [1.54, 1.807) is 0 Å². The first-order chi connectivity index (χ1) is 19.7. The Morgan fingerprint density at radius 1 is 0.450 bits per heavy atom. The molecule has 0 aliphatic rings. The van der Waals surface area contributed by atoms with Crippen LogP contribution < -0.4 is 0 Å². The van der Waals surface area contributed by atoms with Gasteiger partial charge in [-0.3, -0.25) is 0 Å². The fourth-order valence-corrected chi connectivity index (χ4v) is 8.56. The molecule has 0 radical (unpaired) electrons. The van der Waals surface area contributed by atoms with E-state index in [0.29, 0.717) is 4.58 Å². The zero-order valence-corrected chi connectivity index (χ0v) is 24.1. The van der Waals surface area contributed by atoms with Gasteiger partial charge in [0.05, 0.1) is 4.58 Å². The maximum Gasteiger partial charge on any atom is 0.0757 e. The number of hydrogen-bond donors (Lipinski definition) is 0. The Morgan fingerprint density at radius 2 is 0.800 bits per heavy atom. The van der Waals surface area contributed by atoms with Gasteiger partial charge in [0.2, 0.25) is 0 Å². The molecular formula is C38H30S2. The Balaban J connectivity index is 1.27. The number of fused-ring (bicyclic) bond motifs is 4. The van der Waals surface area contributed by atoms with Gasteiger partial charge in [0.15, 0.2) is 0 Å². The second-order valence-corrected chi connectivity index (χ2v) is 12.9. The van der Waals surface area contributed by atoms with Gasteiger partial charge in [0.1, 0.15) is 0 Å². The monoisotopic (exact) mass is 550 g/mol. The van der Waals surface area contributed by atoms with E-state index in [1.807, 2.05) is 0 Å². The van der Waals surface area contributed by atoms with Crippen molar-refractivity contribution in [1.82, 2.24) is 0 Å². The normalized spacial score (nSPS) is 11.8. The summed E-state index contributed by atoms with van der Waals surface area (Å²) in [4.78, 5) is 0. The zero-order valence-electron chi connectivity index (χ0n) is 22.5. The van der Waals surface area contributed by atoms with Crippen molar-refractivity contribution in [2.75, 3.05) is 0 Å². The van der Waals surface area contributed by atoms with Gasteiger partial charge in [-0.2, -0.15) is 0 Å². The Kier molecular flexibility index (Phi) is 6.97. The van der Waals surface area contributed by atoms with E-state index in [0.717, 1.165) is 11.5 Å². The molecule has 0 aliphatic heterocycles. The predicted octanol–water partition coefficient (Wildman–Crippen LogP) is 11.5. The summed E-state index contributed by atoms with van der Waals surface area (Å²) in [6.45, 7) is 2.17. The molecule has 0 unspecified atom stereocenters. The SMILES string of the molecule is Cc1ccc(C(SCc2c3ccccc3cc3ccccc23)SCc2c3ccccc3cc3ccccc23)cc1. The molecule has 0 nitrogen and oxygen atoms in total. The van der Waals surface area contributed by atoms with Crippen LogP contribution in [0.5, 0.6) is 0 Å². The minimum absolute atomic E-state index is 0.316. The van der Waals surface area contributed by atoms with Crippen molar-refractivity contribution in [1.29, 1.82) is 0 Å². The summed E-state index contributed by atoms with van der Waals surface area (Å²) in [5.41, 5.74) is 5.56. The summed E-state index contributed by atoms with van der Waals surface area (Å²) in [6, 6.07) is 49.2. The van der Waals surface area contributed by atoms with Crippen molar-refractivity contribution >= 4 is 66.6 Å². The number of rotatable bonds is 7. The molecule has 0 amide bonds. The van der Waals surface area contributed by atoms with Gasteiger partial charge in [-0.05, 0) is 78.8 Å². The van der Waals surface area contributed by atoms with E-state index >= 15 is 0 Å². The smallest absolute Gasteiger partial charge is 0.0757 e. The molecular weight excluding hydrogens is 521 g/mol. The van der Waals surface area contributed by atoms with Crippen molar-refractivity contribution in [3.63, 3.8) is 0 Å². The summed E-state index contributed by atoms with van der Waals surface area (Å²) in [7, 11) is 0. The summed E-state index contributed by atoms with van der Waals surface area (Å²) in [5.74, 6) is 1.92. The van der Waals surface area contributed by atoms with E-state index in [4.69, 9.17) is 0 Å².